The summed E-state index contributed by atoms with van der Waals surface area (Å²) in [4.78, 5) is 0. The van der Waals surface area contributed by atoms with Gasteiger partial charge in [0.05, 0.1) is 12.7 Å². The molecule has 0 fully saturated rings. The van der Waals surface area contributed by atoms with Crippen molar-refractivity contribution < 1.29 is 19.7 Å². The van der Waals surface area contributed by atoms with Crippen molar-refractivity contribution in [1.29, 1.82) is 0 Å². The number of aliphatic hydroxyl groups is 2. The fourth-order valence-corrected chi connectivity index (χ4v) is 2.27. The van der Waals surface area contributed by atoms with Crippen LogP contribution in [0.3, 0.4) is 0 Å². The van der Waals surface area contributed by atoms with Crippen LogP contribution < -0.4 is 4.74 Å². The van der Waals surface area contributed by atoms with Gasteiger partial charge in [-0.3, -0.25) is 0 Å². The predicted molar refractivity (Wildman–Crippen MR) is 89.7 cm³/mol. The molecule has 0 aliphatic heterocycles. The average Bonchev–Trinajstić information content (AvgIpc) is 2.55. The van der Waals surface area contributed by atoms with Gasteiger partial charge in [-0.2, -0.15) is 0 Å². The highest BCUT2D eigenvalue weighted by molar-refractivity contribution is 5.33. The van der Waals surface area contributed by atoms with Crippen molar-refractivity contribution in [2.45, 2.75) is 25.6 Å². The molecule has 0 saturated heterocycles. The topological polar surface area (TPSA) is 58.9 Å². The molecule has 0 aliphatic rings. The number of hydrogen-bond donors (Lipinski definition) is 2. The quantitative estimate of drug-likeness (QED) is 0.786. The molecule has 4 heteroatoms. The van der Waals surface area contributed by atoms with Crippen molar-refractivity contribution in [3.05, 3.63) is 65.2 Å². The number of hydrogen-bond acceptors (Lipinski definition) is 4. The van der Waals surface area contributed by atoms with Crippen LogP contribution >= 0.6 is 0 Å². The Morgan fingerprint density at radius 1 is 0.870 bits per heavy atom. The lowest BCUT2D eigenvalue weighted by atomic mass is 10.0. The maximum atomic E-state index is 9.86. The third kappa shape index (κ3) is 5.67. The van der Waals surface area contributed by atoms with Crippen molar-refractivity contribution in [3.63, 3.8) is 0 Å². The lowest BCUT2D eigenvalue weighted by Crippen LogP contribution is -2.12. The molecule has 0 aliphatic carbocycles. The summed E-state index contributed by atoms with van der Waals surface area (Å²) >= 11 is 0. The molecule has 23 heavy (non-hydrogen) atoms. The van der Waals surface area contributed by atoms with Gasteiger partial charge in [0, 0.05) is 7.11 Å². The van der Waals surface area contributed by atoms with Gasteiger partial charge in [0.15, 0.2) is 0 Å². The van der Waals surface area contributed by atoms with Crippen LogP contribution in [0.4, 0.5) is 0 Å². The lowest BCUT2D eigenvalue weighted by Gasteiger charge is -2.11. The van der Waals surface area contributed by atoms with E-state index in [-0.39, 0.29) is 0 Å². The Kier molecular flexibility index (Phi) is 6.59. The van der Waals surface area contributed by atoms with Crippen LogP contribution in [0.1, 0.15) is 29.7 Å². The number of benzene rings is 2. The molecular formula is C19H24O4. The average molecular weight is 316 g/mol. The highest BCUT2D eigenvalue weighted by Crippen LogP contribution is 2.18. The first-order chi connectivity index (χ1) is 11.1. The van der Waals surface area contributed by atoms with Gasteiger partial charge in [-0.15, -0.1) is 0 Å². The van der Waals surface area contributed by atoms with Gasteiger partial charge >= 0.3 is 0 Å². The first kappa shape index (κ1) is 17.5. The minimum Gasteiger partial charge on any atom is -0.491 e. The molecule has 2 atom stereocenters. The minimum absolute atomic E-state index is 0.296. The fourth-order valence-electron chi connectivity index (χ4n) is 2.27. The van der Waals surface area contributed by atoms with E-state index in [0.29, 0.717) is 13.2 Å². The number of ether oxygens (including phenoxy) is 2. The summed E-state index contributed by atoms with van der Waals surface area (Å²) in [6, 6.07) is 15.8. The maximum Gasteiger partial charge on any atom is 0.119 e. The van der Waals surface area contributed by atoms with Crippen LogP contribution in [-0.4, -0.2) is 36.6 Å². The molecule has 0 amide bonds. The molecule has 124 valence electrons. The van der Waals surface area contributed by atoms with E-state index in [9.17, 15) is 10.2 Å². The Morgan fingerprint density at radius 2 is 1.43 bits per heavy atom. The molecule has 2 unspecified atom stereocenters. The molecule has 0 bridgehead atoms. The third-order valence-corrected chi connectivity index (χ3v) is 3.51. The van der Waals surface area contributed by atoms with Crippen molar-refractivity contribution in [2.75, 3.05) is 20.3 Å². The van der Waals surface area contributed by atoms with Crippen molar-refractivity contribution in [1.82, 2.24) is 0 Å². The van der Waals surface area contributed by atoms with Gasteiger partial charge in [-0.25, -0.2) is 0 Å². The lowest BCUT2D eigenvalue weighted by molar-refractivity contribution is 0.0644. The standard InChI is InChI=1S/C19H24O4/c1-14(20)12-23-18-9-5-16(6-10-18)11-15-3-7-17(8-4-15)19(21)13-22-2/h3-10,14,19-21H,11-13H2,1-2H3. The zero-order valence-corrected chi connectivity index (χ0v) is 13.6. The summed E-state index contributed by atoms with van der Waals surface area (Å²) < 4.78 is 10.4. The summed E-state index contributed by atoms with van der Waals surface area (Å²) in [6.45, 7) is 2.29. The zero-order valence-electron chi connectivity index (χ0n) is 13.6. The molecule has 2 aromatic carbocycles. The maximum absolute atomic E-state index is 9.86. The van der Waals surface area contributed by atoms with Gasteiger partial charge < -0.3 is 19.7 Å². The Balaban J connectivity index is 1.94. The van der Waals surface area contributed by atoms with E-state index in [2.05, 4.69) is 0 Å². The van der Waals surface area contributed by atoms with Crippen LogP contribution in [0, 0.1) is 0 Å². The summed E-state index contributed by atoms with van der Waals surface area (Å²) in [5.74, 6) is 0.757. The summed E-state index contributed by atoms with van der Waals surface area (Å²) in [7, 11) is 1.58. The first-order valence-corrected chi connectivity index (χ1v) is 7.74. The van der Waals surface area contributed by atoms with Crippen molar-refractivity contribution in [2.24, 2.45) is 0 Å². The number of aliphatic hydroxyl groups excluding tert-OH is 2. The highest BCUT2D eigenvalue weighted by atomic mass is 16.5. The summed E-state index contributed by atoms with van der Waals surface area (Å²) in [5, 5.41) is 19.1. The van der Waals surface area contributed by atoms with Crippen LogP contribution in [0.15, 0.2) is 48.5 Å². The Labute approximate surface area is 137 Å². The highest BCUT2D eigenvalue weighted by Gasteiger charge is 2.06. The van der Waals surface area contributed by atoms with Crippen molar-refractivity contribution >= 4 is 0 Å². The van der Waals surface area contributed by atoms with Crippen molar-refractivity contribution in [3.8, 4) is 5.75 Å². The van der Waals surface area contributed by atoms with E-state index < -0.39 is 12.2 Å². The molecule has 2 N–H and O–H groups in total. The molecule has 4 nitrogen and oxygen atoms in total. The first-order valence-electron chi connectivity index (χ1n) is 7.74. The molecule has 0 spiro atoms. The second-order valence-corrected chi connectivity index (χ2v) is 5.69. The molecule has 0 heterocycles. The number of rotatable bonds is 8. The normalized spacial score (nSPS) is 13.6. The van der Waals surface area contributed by atoms with E-state index in [0.717, 1.165) is 17.7 Å². The monoisotopic (exact) mass is 316 g/mol. The molecule has 2 rings (SSSR count). The van der Waals surface area contributed by atoms with Gasteiger partial charge in [-0.1, -0.05) is 36.4 Å². The van der Waals surface area contributed by atoms with E-state index in [1.54, 1.807) is 14.0 Å². The molecule has 0 saturated carbocycles. The number of methoxy groups -OCH3 is 1. The molecular weight excluding hydrogens is 292 g/mol. The Bertz CT molecular complexity index is 575. The molecule has 0 aromatic heterocycles. The largest absolute Gasteiger partial charge is 0.491 e. The van der Waals surface area contributed by atoms with Crippen LogP contribution in [-0.2, 0) is 11.2 Å². The van der Waals surface area contributed by atoms with E-state index in [4.69, 9.17) is 9.47 Å². The summed E-state index contributed by atoms with van der Waals surface area (Å²) in [5.41, 5.74) is 3.22. The van der Waals surface area contributed by atoms with E-state index >= 15 is 0 Å². The third-order valence-electron chi connectivity index (χ3n) is 3.51. The van der Waals surface area contributed by atoms with Crippen LogP contribution in [0.5, 0.6) is 5.75 Å². The molecule has 0 radical (unpaired) electrons. The zero-order chi connectivity index (χ0) is 16.7. The second-order valence-electron chi connectivity index (χ2n) is 5.69. The summed E-state index contributed by atoms with van der Waals surface area (Å²) in [6.07, 6.45) is -0.238. The Hall–Kier alpha value is -1.88. The van der Waals surface area contributed by atoms with Crippen LogP contribution in [0.2, 0.25) is 0 Å². The van der Waals surface area contributed by atoms with Crippen LogP contribution in [0.25, 0.3) is 0 Å². The molecule has 2 aromatic rings. The van der Waals surface area contributed by atoms with Gasteiger partial charge in [-0.05, 0) is 42.2 Å². The van der Waals surface area contributed by atoms with Gasteiger partial charge in [0.1, 0.15) is 18.5 Å². The van der Waals surface area contributed by atoms with Gasteiger partial charge in [0.25, 0.3) is 0 Å². The van der Waals surface area contributed by atoms with Gasteiger partial charge in [0.2, 0.25) is 0 Å². The smallest absolute Gasteiger partial charge is 0.119 e. The van der Waals surface area contributed by atoms with E-state index in [1.807, 2.05) is 48.5 Å². The Morgan fingerprint density at radius 3 is 1.96 bits per heavy atom. The predicted octanol–water partition coefficient (Wildman–Crippen LogP) is 2.72. The fraction of sp³-hybridized carbons (Fsp3) is 0.368. The van der Waals surface area contributed by atoms with E-state index in [1.165, 1.54) is 11.1 Å². The SMILES string of the molecule is COCC(O)c1ccc(Cc2ccc(OCC(C)O)cc2)cc1. The second kappa shape index (κ2) is 8.67. The minimum atomic E-state index is -0.584.